The summed E-state index contributed by atoms with van der Waals surface area (Å²) < 4.78 is 16.9. The normalized spacial score (nSPS) is 12.4. The predicted molar refractivity (Wildman–Crippen MR) is 339 cm³/mol. The molecule has 0 rings (SSSR count). The molecule has 1 unspecified atom stereocenters. The average molecular weight is 1090 g/mol. The monoisotopic (exact) mass is 1090 g/mol. The molecule has 0 fully saturated rings. The summed E-state index contributed by atoms with van der Waals surface area (Å²) in [6.45, 7) is 6.60. The van der Waals surface area contributed by atoms with Gasteiger partial charge in [-0.15, -0.1) is 0 Å². The fourth-order valence-electron chi connectivity index (χ4n) is 10.0. The first kappa shape index (κ1) is 75.1. The van der Waals surface area contributed by atoms with E-state index >= 15 is 0 Å². The number of ether oxygens (including phenoxy) is 3. The molecule has 0 bridgehead atoms. The lowest BCUT2D eigenvalue weighted by Crippen LogP contribution is -2.30. The van der Waals surface area contributed by atoms with Crippen molar-refractivity contribution in [3.63, 3.8) is 0 Å². The van der Waals surface area contributed by atoms with Crippen molar-refractivity contribution in [2.45, 2.75) is 367 Å². The van der Waals surface area contributed by atoms with Crippen LogP contribution >= 0.6 is 0 Å². The average Bonchev–Trinajstić information content (AvgIpc) is 3.44. The van der Waals surface area contributed by atoms with Crippen LogP contribution in [0.2, 0.25) is 0 Å². The molecule has 0 aromatic rings. The molecule has 6 nitrogen and oxygen atoms in total. The van der Waals surface area contributed by atoms with Gasteiger partial charge < -0.3 is 14.2 Å². The van der Waals surface area contributed by atoms with Gasteiger partial charge in [0.25, 0.3) is 0 Å². The molecule has 1 atom stereocenters. The van der Waals surface area contributed by atoms with Gasteiger partial charge in [-0.2, -0.15) is 0 Å². The molecule has 0 aromatic carbocycles. The van der Waals surface area contributed by atoms with Crippen molar-refractivity contribution in [2.75, 3.05) is 13.2 Å². The molecule has 0 spiro atoms. The van der Waals surface area contributed by atoms with E-state index in [1.807, 2.05) is 0 Å². The van der Waals surface area contributed by atoms with Gasteiger partial charge in [-0.25, -0.2) is 0 Å². The van der Waals surface area contributed by atoms with Crippen molar-refractivity contribution >= 4 is 17.9 Å². The third-order valence-corrected chi connectivity index (χ3v) is 15.2. The number of carbonyl (C=O) groups is 3. The highest BCUT2D eigenvalue weighted by molar-refractivity contribution is 5.71. The van der Waals surface area contributed by atoms with Gasteiger partial charge in [0.2, 0.25) is 0 Å². The molecule has 78 heavy (non-hydrogen) atoms. The van der Waals surface area contributed by atoms with Gasteiger partial charge in [-0.05, 0) is 103 Å². The topological polar surface area (TPSA) is 78.9 Å². The number of unbranched alkanes of at least 4 members (excludes halogenated alkanes) is 42. The summed E-state index contributed by atoms with van der Waals surface area (Å²) in [4.78, 5) is 38.3. The molecule has 0 heterocycles. The molecule has 0 radical (unpaired) electrons. The highest BCUT2D eigenvalue weighted by atomic mass is 16.6. The van der Waals surface area contributed by atoms with E-state index in [2.05, 4.69) is 81.5 Å². The van der Waals surface area contributed by atoms with Crippen LogP contribution in [-0.4, -0.2) is 37.2 Å². The summed E-state index contributed by atoms with van der Waals surface area (Å²) in [6.07, 6.45) is 85.4. The van der Waals surface area contributed by atoms with Crippen LogP contribution in [0.4, 0.5) is 0 Å². The van der Waals surface area contributed by atoms with E-state index in [0.717, 1.165) is 89.9 Å². The third-order valence-electron chi connectivity index (χ3n) is 15.2. The predicted octanol–water partition coefficient (Wildman–Crippen LogP) is 23.5. The Morgan fingerprint density at radius 2 is 0.487 bits per heavy atom. The summed E-state index contributed by atoms with van der Waals surface area (Å²) in [7, 11) is 0. The number of allylic oxidation sites excluding steroid dienone is 10. The van der Waals surface area contributed by atoms with E-state index in [1.54, 1.807) is 0 Å². The van der Waals surface area contributed by atoms with Crippen molar-refractivity contribution < 1.29 is 28.6 Å². The Kier molecular flexibility index (Phi) is 64.2. The van der Waals surface area contributed by atoms with Gasteiger partial charge in [0.1, 0.15) is 13.2 Å². The van der Waals surface area contributed by atoms with Gasteiger partial charge in [-0.3, -0.25) is 14.4 Å². The van der Waals surface area contributed by atoms with Crippen LogP contribution in [0.5, 0.6) is 0 Å². The van der Waals surface area contributed by atoms with Crippen LogP contribution in [0.15, 0.2) is 60.8 Å². The van der Waals surface area contributed by atoms with Crippen LogP contribution in [0.1, 0.15) is 361 Å². The van der Waals surface area contributed by atoms with E-state index in [9.17, 15) is 14.4 Å². The van der Waals surface area contributed by atoms with Crippen molar-refractivity contribution in [1.29, 1.82) is 0 Å². The fraction of sp³-hybridized carbons (Fsp3) is 0.819. The molecule has 6 heteroatoms. The lowest BCUT2D eigenvalue weighted by atomic mass is 10.0. The second kappa shape index (κ2) is 66.6. The number of hydrogen-bond donors (Lipinski definition) is 0. The van der Waals surface area contributed by atoms with Crippen molar-refractivity contribution in [1.82, 2.24) is 0 Å². The second-order valence-electron chi connectivity index (χ2n) is 23.1. The highest BCUT2D eigenvalue weighted by Gasteiger charge is 2.19. The molecule has 0 aromatic heterocycles. The molecular formula is C72H130O6. The van der Waals surface area contributed by atoms with Crippen LogP contribution in [-0.2, 0) is 28.6 Å². The fourth-order valence-corrected chi connectivity index (χ4v) is 10.0. The van der Waals surface area contributed by atoms with Crippen molar-refractivity contribution in [3.8, 4) is 0 Å². The molecule has 0 aliphatic rings. The summed E-state index contributed by atoms with van der Waals surface area (Å²) in [5, 5.41) is 0. The standard InChI is InChI=1S/C72H130O6/c1-4-7-10-13-16-19-22-24-26-28-30-32-34-35-36-37-39-40-42-44-46-48-50-53-56-59-62-65-71(74)77-68-69(67-76-70(73)64-61-58-55-52-21-18-15-12-9-6-3)78-72(75)66-63-60-57-54-51-49-47-45-43-41-38-33-31-29-27-25-23-20-17-14-11-8-5-2/h12,15,23,25,28-31,38,41,69H,4-11,13-14,16-22,24,26-27,32-37,39-40,42-68H2,1-3H3/b15-12-,25-23-,30-28-,31-29-,41-38-. The minimum atomic E-state index is -0.781. The Morgan fingerprint density at radius 3 is 0.782 bits per heavy atom. The first-order valence-corrected chi connectivity index (χ1v) is 34.3. The van der Waals surface area contributed by atoms with E-state index in [0.29, 0.717) is 19.3 Å². The number of carbonyl (C=O) groups excluding carboxylic acids is 3. The minimum Gasteiger partial charge on any atom is -0.462 e. The molecule has 0 saturated heterocycles. The van der Waals surface area contributed by atoms with Crippen LogP contribution in [0, 0.1) is 0 Å². The van der Waals surface area contributed by atoms with Gasteiger partial charge in [0.05, 0.1) is 0 Å². The summed E-state index contributed by atoms with van der Waals surface area (Å²) in [5.74, 6) is -0.878. The van der Waals surface area contributed by atoms with E-state index < -0.39 is 6.10 Å². The molecule has 0 aliphatic heterocycles. The second-order valence-corrected chi connectivity index (χ2v) is 23.1. The molecule has 0 amide bonds. The van der Waals surface area contributed by atoms with E-state index in [4.69, 9.17) is 14.2 Å². The zero-order valence-corrected chi connectivity index (χ0v) is 52.2. The summed E-state index contributed by atoms with van der Waals surface area (Å²) in [6, 6.07) is 0. The quantitative estimate of drug-likeness (QED) is 0.0261. The Morgan fingerprint density at radius 1 is 0.256 bits per heavy atom. The van der Waals surface area contributed by atoms with Crippen molar-refractivity contribution in [3.05, 3.63) is 60.8 Å². The molecule has 0 N–H and O–H groups in total. The SMILES string of the molecule is CCC/C=C\CCCCCCCC(=O)OCC(COC(=O)CCCCCCCCCCCCCCCCC/C=C\CCCCCCCCCC)OC(=O)CCCCCCCCCC/C=C\C/C=C\C/C=C\CCCCCCC. The number of hydrogen-bond acceptors (Lipinski definition) is 6. The van der Waals surface area contributed by atoms with E-state index in [1.165, 1.54) is 231 Å². The first-order valence-electron chi connectivity index (χ1n) is 34.3. The maximum Gasteiger partial charge on any atom is 0.306 e. The van der Waals surface area contributed by atoms with Gasteiger partial charge >= 0.3 is 17.9 Å². The Labute approximate surface area is 485 Å². The summed E-state index contributed by atoms with van der Waals surface area (Å²) in [5.41, 5.74) is 0. The smallest absolute Gasteiger partial charge is 0.306 e. The van der Waals surface area contributed by atoms with Gasteiger partial charge in [0.15, 0.2) is 6.10 Å². The van der Waals surface area contributed by atoms with Crippen LogP contribution in [0.3, 0.4) is 0 Å². The first-order chi connectivity index (χ1) is 38.5. The maximum absolute atomic E-state index is 12.9. The van der Waals surface area contributed by atoms with Gasteiger partial charge in [0, 0.05) is 19.3 Å². The number of esters is 3. The Hall–Kier alpha value is -2.89. The van der Waals surface area contributed by atoms with Crippen LogP contribution in [0.25, 0.3) is 0 Å². The maximum atomic E-state index is 12.9. The molecule has 0 saturated carbocycles. The van der Waals surface area contributed by atoms with E-state index in [-0.39, 0.29) is 31.1 Å². The third kappa shape index (κ3) is 63.9. The molecular weight excluding hydrogens is 961 g/mol. The van der Waals surface area contributed by atoms with Gasteiger partial charge in [-0.1, -0.05) is 300 Å². The number of rotatable bonds is 63. The largest absolute Gasteiger partial charge is 0.462 e. The zero-order chi connectivity index (χ0) is 56.4. The highest BCUT2D eigenvalue weighted by Crippen LogP contribution is 2.17. The Balaban J connectivity index is 4.19. The lowest BCUT2D eigenvalue weighted by molar-refractivity contribution is -0.167. The molecule has 0 aliphatic carbocycles. The van der Waals surface area contributed by atoms with Crippen LogP contribution < -0.4 is 0 Å². The van der Waals surface area contributed by atoms with Crippen molar-refractivity contribution in [2.24, 2.45) is 0 Å². The zero-order valence-electron chi connectivity index (χ0n) is 52.2. The minimum absolute atomic E-state index is 0.0774. The molecule has 454 valence electrons. The summed E-state index contributed by atoms with van der Waals surface area (Å²) >= 11 is 0. The Bertz CT molecular complexity index is 1390. The lowest BCUT2D eigenvalue weighted by Gasteiger charge is -2.18.